The number of benzene rings is 1. The van der Waals surface area contributed by atoms with Gasteiger partial charge in [0.25, 0.3) is 0 Å². The third-order valence-electron chi connectivity index (χ3n) is 4.05. The van der Waals surface area contributed by atoms with E-state index < -0.39 is 10.0 Å². The van der Waals surface area contributed by atoms with Crippen molar-refractivity contribution in [3.8, 4) is 11.4 Å². The van der Waals surface area contributed by atoms with Crippen LogP contribution in [0.1, 0.15) is 31.6 Å². The van der Waals surface area contributed by atoms with Crippen LogP contribution < -0.4 is 0 Å². The van der Waals surface area contributed by atoms with Crippen LogP contribution in [0.3, 0.4) is 0 Å². The van der Waals surface area contributed by atoms with Gasteiger partial charge in [0.05, 0.1) is 4.90 Å². The van der Waals surface area contributed by atoms with Gasteiger partial charge < -0.3 is 4.52 Å². The topological polar surface area (TPSA) is 76.3 Å². The maximum absolute atomic E-state index is 12.0. The van der Waals surface area contributed by atoms with Crippen LogP contribution in [0.5, 0.6) is 0 Å². The highest BCUT2D eigenvalue weighted by Crippen LogP contribution is 2.41. The smallest absolute Gasteiger partial charge is 0.242 e. The van der Waals surface area contributed by atoms with Gasteiger partial charge in [0, 0.05) is 25.6 Å². The third-order valence-corrected chi connectivity index (χ3v) is 5.88. The Labute approximate surface area is 130 Å². The van der Waals surface area contributed by atoms with Crippen molar-refractivity contribution in [1.29, 1.82) is 0 Å². The number of rotatable bonds is 5. The molecule has 1 aromatic carbocycles. The average molecular weight is 321 g/mol. The van der Waals surface area contributed by atoms with Gasteiger partial charge in [-0.3, -0.25) is 0 Å². The lowest BCUT2D eigenvalue weighted by atomic mass is 10.1. The van der Waals surface area contributed by atoms with Crippen molar-refractivity contribution < 1.29 is 12.9 Å². The maximum Gasteiger partial charge on any atom is 0.242 e. The summed E-state index contributed by atoms with van der Waals surface area (Å²) in [5.41, 5.74) is 0.746. The van der Waals surface area contributed by atoms with Gasteiger partial charge in [0.1, 0.15) is 0 Å². The van der Waals surface area contributed by atoms with Gasteiger partial charge in [-0.15, -0.1) is 0 Å². The van der Waals surface area contributed by atoms with E-state index in [1.165, 1.54) is 31.2 Å². The van der Waals surface area contributed by atoms with E-state index >= 15 is 0 Å². The second-order valence-corrected chi connectivity index (χ2v) is 8.05. The zero-order chi connectivity index (χ0) is 15.9. The fourth-order valence-corrected chi connectivity index (χ4v) is 3.22. The van der Waals surface area contributed by atoms with Crippen molar-refractivity contribution in [1.82, 2.24) is 14.4 Å². The first-order chi connectivity index (χ1) is 10.4. The fraction of sp³-hybridized carbons (Fsp3) is 0.467. The Morgan fingerprint density at radius 3 is 2.41 bits per heavy atom. The summed E-state index contributed by atoms with van der Waals surface area (Å²) in [7, 11) is -0.402. The molecule has 7 heteroatoms. The Hall–Kier alpha value is -1.73. The number of aromatic nitrogens is 2. The Bertz CT molecular complexity index is 762. The summed E-state index contributed by atoms with van der Waals surface area (Å²) in [6, 6.07) is 6.52. The van der Waals surface area contributed by atoms with Gasteiger partial charge in [0.2, 0.25) is 21.7 Å². The molecule has 1 aromatic heterocycles. The van der Waals surface area contributed by atoms with E-state index in [0.29, 0.717) is 17.6 Å². The number of hydrogen-bond donors (Lipinski definition) is 0. The maximum atomic E-state index is 12.0. The van der Waals surface area contributed by atoms with Crippen LogP contribution in [0.15, 0.2) is 33.7 Å². The second-order valence-electron chi connectivity index (χ2n) is 5.89. The third kappa shape index (κ3) is 2.78. The Morgan fingerprint density at radius 2 is 1.86 bits per heavy atom. The first kappa shape index (κ1) is 15.2. The summed E-state index contributed by atoms with van der Waals surface area (Å²) in [5.74, 6) is 2.09. The molecular formula is C15H19N3O3S. The van der Waals surface area contributed by atoms with Gasteiger partial charge in [0.15, 0.2) is 0 Å². The molecule has 0 saturated heterocycles. The summed E-state index contributed by atoms with van der Waals surface area (Å²) >= 11 is 0. The Kier molecular flexibility index (Phi) is 3.78. The lowest BCUT2D eigenvalue weighted by Gasteiger charge is -2.11. The van der Waals surface area contributed by atoms with Crippen molar-refractivity contribution in [2.75, 3.05) is 14.1 Å². The average Bonchev–Trinajstić information content (AvgIpc) is 3.23. The number of nitrogens with zero attached hydrogens (tertiary/aromatic N) is 3. The van der Waals surface area contributed by atoms with E-state index in [1.807, 2.05) is 0 Å². The van der Waals surface area contributed by atoms with Crippen LogP contribution in [0.2, 0.25) is 0 Å². The first-order valence-electron chi connectivity index (χ1n) is 7.26. The number of sulfonamides is 1. The van der Waals surface area contributed by atoms with Crippen LogP contribution in [0.4, 0.5) is 0 Å². The molecule has 0 amide bonds. The van der Waals surface area contributed by atoms with E-state index in [0.717, 1.165) is 5.56 Å². The molecule has 0 N–H and O–H groups in total. The summed E-state index contributed by atoms with van der Waals surface area (Å²) < 4.78 is 30.6. The predicted molar refractivity (Wildman–Crippen MR) is 81.7 cm³/mol. The highest BCUT2D eigenvalue weighted by atomic mass is 32.2. The molecule has 1 saturated carbocycles. The van der Waals surface area contributed by atoms with Gasteiger partial charge in [-0.1, -0.05) is 12.1 Å². The standard InChI is InChI=1S/C15H19N3O3S/c1-10(11-4-5-11)15-16-14(17-21-15)12-6-8-13(9-7-12)22(19,20)18(2)3/h6-11H,4-5H2,1-3H3. The minimum atomic E-state index is -3.42. The zero-order valence-corrected chi connectivity index (χ0v) is 13.7. The molecule has 1 heterocycles. The molecule has 3 rings (SSSR count). The molecule has 1 aliphatic rings. The van der Waals surface area contributed by atoms with Gasteiger partial charge in [-0.05, 0) is 43.0 Å². The van der Waals surface area contributed by atoms with Crippen LogP contribution in [0.25, 0.3) is 11.4 Å². The summed E-state index contributed by atoms with van der Waals surface area (Å²) in [6.45, 7) is 2.10. The highest BCUT2D eigenvalue weighted by Gasteiger charge is 2.32. The Balaban J connectivity index is 1.84. The molecule has 6 nitrogen and oxygen atoms in total. The van der Waals surface area contributed by atoms with E-state index in [-0.39, 0.29) is 10.8 Å². The van der Waals surface area contributed by atoms with Crippen LogP contribution in [0, 0.1) is 5.92 Å². The second kappa shape index (κ2) is 5.48. The largest absolute Gasteiger partial charge is 0.339 e. The minimum Gasteiger partial charge on any atom is -0.339 e. The van der Waals surface area contributed by atoms with Crippen molar-refractivity contribution in [3.63, 3.8) is 0 Å². The molecule has 1 fully saturated rings. The monoisotopic (exact) mass is 321 g/mol. The molecule has 0 spiro atoms. The van der Waals surface area contributed by atoms with Crippen LogP contribution in [-0.2, 0) is 10.0 Å². The summed E-state index contributed by atoms with van der Waals surface area (Å²) in [5, 5.41) is 4.00. The van der Waals surface area contributed by atoms with E-state index in [9.17, 15) is 8.42 Å². The summed E-state index contributed by atoms with van der Waals surface area (Å²) in [4.78, 5) is 4.68. The fourth-order valence-electron chi connectivity index (χ4n) is 2.32. The van der Waals surface area contributed by atoms with Gasteiger partial charge in [-0.25, -0.2) is 12.7 Å². The molecule has 1 aliphatic carbocycles. The first-order valence-corrected chi connectivity index (χ1v) is 8.70. The molecule has 2 aromatic rings. The molecule has 0 bridgehead atoms. The van der Waals surface area contributed by atoms with Crippen molar-refractivity contribution in [2.24, 2.45) is 5.92 Å². The quantitative estimate of drug-likeness (QED) is 0.845. The van der Waals surface area contributed by atoms with E-state index in [1.54, 1.807) is 24.3 Å². The lowest BCUT2D eigenvalue weighted by molar-refractivity contribution is 0.349. The number of hydrogen-bond acceptors (Lipinski definition) is 5. The molecule has 0 aliphatic heterocycles. The molecular weight excluding hydrogens is 302 g/mol. The summed E-state index contributed by atoms with van der Waals surface area (Å²) in [6.07, 6.45) is 2.44. The SMILES string of the molecule is CC(c1nc(-c2ccc(S(=O)(=O)N(C)C)cc2)no1)C1CC1. The van der Waals surface area contributed by atoms with Gasteiger partial charge in [-0.2, -0.15) is 4.98 Å². The lowest BCUT2D eigenvalue weighted by Crippen LogP contribution is -2.22. The Morgan fingerprint density at radius 1 is 1.23 bits per heavy atom. The molecule has 1 atom stereocenters. The minimum absolute atomic E-state index is 0.247. The van der Waals surface area contributed by atoms with Gasteiger partial charge >= 0.3 is 0 Å². The highest BCUT2D eigenvalue weighted by molar-refractivity contribution is 7.89. The van der Waals surface area contributed by atoms with Crippen molar-refractivity contribution in [2.45, 2.75) is 30.6 Å². The van der Waals surface area contributed by atoms with Crippen molar-refractivity contribution in [3.05, 3.63) is 30.2 Å². The molecule has 22 heavy (non-hydrogen) atoms. The van der Waals surface area contributed by atoms with Crippen LogP contribution in [-0.4, -0.2) is 37.0 Å². The molecule has 118 valence electrons. The predicted octanol–water partition coefficient (Wildman–Crippen LogP) is 2.50. The normalized spacial score (nSPS) is 16.9. The molecule has 1 unspecified atom stereocenters. The van der Waals surface area contributed by atoms with E-state index in [2.05, 4.69) is 17.1 Å². The zero-order valence-electron chi connectivity index (χ0n) is 12.9. The van der Waals surface area contributed by atoms with Crippen LogP contribution >= 0.6 is 0 Å². The van der Waals surface area contributed by atoms with Crippen molar-refractivity contribution >= 4 is 10.0 Å². The molecule has 0 radical (unpaired) electrons. The van der Waals surface area contributed by atoms with E-state index in [4.69, 9.17) is 4.52 Å².